The molecular weight excluding hydrogens is 264 g/mol. The van der Waals surface area contributed by atoms with Crippen LogP contribution in [-0.2, 0) is 6.42 Å². The summed E-state index contributed by atoms with van der Waals surface area (Å²) in [6.07, 6.45) is 0.974. The predicted molar refractivity (Wildman–Crippen MR) is 95.4 cm³/mol. The quantitative estimate of drug-likeness (QED) is 0.402. The Morgan fingerprint density at radius 3 is 1.77 bits per heavy atom. The highest BCUT2D eigenvalue weighted by Crippen LogP contribution is 2.30. The molecule has 0 saturated heterocycles. The molecule has 0 amide bonds. The van der Waals surface area contributed by atoms with Crippen molar-refractivity contribution in [1.29, 1.82) is 0 Å². The van der Waals surface area contributed by atoms with E-state index < -0.39 is 0 Å². The molecule has 0 nitrogen and oxygen atoms in total. The van der Waals surface area contributed by atoms with E-state index in [1.54, 1.807) is 0 Å². The lowest BCUT2D eigenvalue weighted by Gasteiger charge is -2.12. The fourth-order valence-corrected chi connectivity index (χ4v) is 3.21. The maximum Gasteiger partial charge on any atom is -0.00134 e. The number of hydrogen-bond donors (Lipinski definition) is 0. The van der Waals surface area contributed by atoms with Crippen molar-refractivity contribution in [2.24, 2.45) is 0 Å². The fourth-order valence-electron chi connectivity index (χ4n) is 3.21. The van der Waals surface area contributed by atoms with Gasteiger partial charge in [-0.15, -0.1) is 0 Å². The summed E-state index contributed by atoms with van der Waals surface area (Å²) in [5.41, 5.74) is 4.11. The van der Waals surface area contributed by atoms with Gasteiger partial charge in [-0.2, -0.15) is 0 Å². The summed E-state index contributed by atoms with van der Waals surface area (Å²) in [6.45, 7) is 2.14. The molecule has 4 aromatic carbocycles. The van der Waals surface area contributed by atoms with Gasteiger partial charge in [-0.3, -0.25) is 0 Å². The lowest BCUT2D eigenvalue weighted by Crippen LogP contribution is -1.92. The number of benzene rings is 4. The van der Waals surface area contributed by atoms with E-state index in [0.717, 1.165) is 6.42 Å². The van der Waals surface area contributed by atoms with Gasteiger partial charge in [0, 0.05) is 0 Å². The molecule has 0 fully saturated rings. The number of fused-ring (bicyclic) bond motifs is 2. The first-order valence-electron chi connectivity index (χ1n) is 7.76. The molecule has 0 spiro atoms. The third-order valence-electron chi connectivity index (χ3n) is 4.38. The van der Waals surface area contributed by atoms with E-state index in [9.17, 15) is 0 Å². The monoisotopic (exact) mass is 282 g/mol. The summed E-state index contributed by atoms with van der Waals surface area (Å²) in [5, 5.41) is 5.37. The van der Waals surface area contributed by atoms with Gasteiger partial charge >= 0.3 is 0 Å². The van der Waals surface area contributed by atoms with Gasteiger partial charge in [-0.1, -0.05) is 78.4 Å². The second kappa shape index (κ2) is 5.31. The number of aryl methyl sites for hydroxylation is 1. The van der Waals surface area contributed by atoms with Crippen molar-refractivity contribution in [3.05, 3.63) is 95.6 Å². The van der Waals surface area contributed by atoms with Crippen molar-refractivity contribution in [3.63, 3.8) is 0 Å². The molecule has 0 aliphatic rings. The first kappa shape index (κ1) is 13.1. The van der Waals surface area contributed by atoms with Gasteiger partial charge in [0.25, 0.3) is 0 Å². The second-order valence-electron chi connectivity index (χ2n) is 5.96. The summed E-state index contributed by atoms with van der Waals surface area (Å²) < 4.78 is 0. The zero-order chi connectivity index (χ0) is 14.9. The normalized spacial score (nSPS) is 11.1. The third kappa shape index (κ3) is 2.27. The standard InChI is InChI=1S/C22H18/c1-16-10-12-17(13-11-16)14-22-20-8-4-2-6-18(20)15-19-7-3-5-9-21(19)22/h2-13,15H,14H2,1H3. The van der Waals surface area contributed by atoms with Crippen LogP contribution < -0.4 is 0 Å². The van der Waals surface area contributed by atoms with Gasteiger partial charge in [0.05, 0.1) is 0 Å². The Morgan fingerprint density at radius 1 is 0.636 bits per heavy atom. The van der Waals surface area contributed by atoms with E-state index in [-0.39, 0.29) is 0 Å². The van der Waals surface area contributed by atoms with E-state index >= 15 is 0 Å². The van der Waals surface area contributed by atoms with Crippen LogP contribution in [-0.4, -0.2) is 0 Å². The number of hydrogen-bond acceptors (Lipinski definition) is 0. The van der Waals surface area contributed by atoms with Crippen LogP contribution in [0.3, 0.4) is 0 Å². The fraction of sp³-hybridized carbons (Fsp3) is 0.0909. The summed E-state index contributed by atoms with van der Waals surface area (Å²) in [5.74, 6) is 0. The maximum atomic E-state index is 2.29. The molecule has 0 atom stereocenters. The molecule has 0 bridgehead atoms. The summed E-state index contributed by atoms with van der Waals surface area (Å²) in [6, 6.07) is 28.6. The number of rotatable bonds is 2. The minimum atomic E-state index is 0.974. The first-order chi connectivity index (χ1) is 10.8. The van der Waals surface area contributed by atoms with Crippen molar-refractivity contribution >= 4 is 21.5 Å². The van der Waals surface area contributed by atoms with Gasteiger partial charge in [0.2, 0.25) is 0 Å². The average molecular weight is 282 g/mol. The second-order valence-corrected chi connectivity index (χ2v) is 5.96. The molecule has 0 saturated carbocycles. The van der Waals surface area contributed by atoms with Crippen molar-refractivity contribution in [1.82, 2.24) is 0 Å². The molecule has 0 aromatic heterocycles. The molecule has 0 N–H and O–H groups in total. The molecule has 106 valence electrons. The molecule has 0 aliphatic carbocycles. The Bertz CT molecular complexity index is 892. The van der Waals surface area contributed by atoms with Crippen molar-refractivity contribution in [2.45, 2.75) is 13.3 Å². The molecule has 4 rings (SSSR count). The highest BCUT2D eigenvalue weighted by Gasteiger charge is 2.08. The zero-order valence-electron chi connectivity index (χ0n) is 12.7. The highest BCUT2D eigenvalue weighted by molar-refractivity contribution is 6.02. The molecule has 22 heavy (non-hydrogen) atoms. The Hall–Kier alpha value is -2.60. The van der Waals surface area contributed by atoms with Crippen LogP contribution in [0, 0.1) is 6.92 Å². The molecule has 0 aliphatic heterocycles. The Morgan fingerprint density at radius 2 is 1.18 bits per heavy atom. The van der Waals surface area contributed by atoms with Gasteiger partial charge in [-0.05, 0) is 52.1 Å². The van der Waals surface area contributed by atoms with Gasteiger partial charge in [0.1, 0.15) is 0 Å². The smallest absolute Gasteiger partial charge is 0.00134 e. The molecule has 0 heteroatoms. The third-order valence-corrected chi connectivity index (χ3v) is 4.38. The summed E-state index contributed by atoms with van der Waals surface area (Å²) in [7, 11) is 0. The average Bonchev–Trinajstić information content (AvgIpc) is 2.56. The SMILES string of the molecule is Cc1ccc(Cc2c3ccccc3cc3ccccc23)cc1. The largest absolute Gasteiger partial charge is 0.0616 e. The van der Waals surface area contributed by atoms with Crippen LogP contribution in [0.1, 0.15) is 16.7 Å². The van der Waals surface area contributed by atoms with Crippen molar-refractivity contribution in [3.8, 4) is 0 Å². The van der Waals surface area contributed by atoms with E-state index in [1.165, 1.54) is 38.2 Å². The van der Waals surface area contributed by atoms with Gasteiger partial charge in [0.15, 0.2) is 0 Å². The van der Waals surface area contributed by atoms with Crippen molar-refractivity contribution in [2.75, 3.05) is 0 Å². The van der Waals surface area contributed by atoms with Crippen LogP contribution >= 0.6 is 0 Å². The molecule has 0 unspecified atom stereocenters. The Kier molecular flexibility index (Phi) is 3.16. The highest BCUT2D eigenvalue weighted by atomic mass is 14.1. The predicted octanol–water partition coefficient (Wildman–Crippen LogP) is 5.89. The minimum Gasteiger partial charge on any atom is -0.0616 e. The molecule has 0 heterocycles. The van der Waals surface area contributed by atoms with Crippen LogP contribution in [0.25, 0.3) is 21.5 Å². The summed E-state index contributed by atoms with van der Waals surface area (Å²) >= 11 is 0. The molecular formula is C22H18. The molecule has 4 aromatic rings. The maximum absolute atomic E-state index is 2.29. The van der Waals surface area contributed by atoms with Gasteiger partial charge in [-0.25, -0.2) is 0 Å². The van der Waals surface area contributed by atoms with Gasteiger partial charge < -0.3 is 0 Å². The lowest BCUT2D eigenvalue weighted by atomic mass is 9.92. The van der Waals surface area contributed by atoms with Crippen molar-refractivity contribution < 1.29 is 0 Å². The van der Waals surface area contributed by atoms with Crippen LogP contribution in [0.4, 0.5) is 0 Å². The van der Waals surface area contributed by atoms with Crippen LogP contribution in [0.5, 0.6) is 0 Å². The van der Waals surface area contributed by atoms with E-state index in [1.807, 2.05) is 0 Å². The minimum absolute atomic E-state index is 0.974. The topological polar surface area (TPSA) is 0 Å². The van der Waals surface area contributed by atoms with E-state index in [4.69, 9.17) is 0 Å². The first-order valence-corrected chi connectivity index (χ1v) is 7.76. The molecule has 0 radical (unpaired) electrons. The van der Waals surface area contributed by atoms with Crippen LogP contribution in [0.15, 0.2) is 78.9 Å². The van der Waals surface area contributed by atoms with E-state index in [0.29, 0.717) is 0 Å². The zero-order valence-corrected chi connectivity index (χ0v) is 12.7. The Labute approximate surface area is 131 Å². The summed E-state index contributed by atoms with van der Waals surface area (Å²) in [4.78, 5) is 0. The van der Waals surface area contributed by atoms with E-state index in [2.05, 4.69) is 85.8 Å². The van der Waals surface area contributed by atoms with Crippen LogP contribution in [0.2, 0.25) is 0 Å². The lowest BCUT2D eigenvalue weighted by molar-refractivity contribution is 1.22. The Balaban J connectivity index is 1.97.